The molecular formula is C20H19N3O3. The molecule has 2 aromatic rings. The summed E-state index contributed by atoms with van der Waals surface area (Å²) in [4.78, 5) is 32.1. The fourth-order valence-electron chi connectivity index (χ4n) is 3.42. The van der Waals surface area contributed by atoms with Gasteiger partial charge in [-0.15, -0.1) is 0 Å². The van der Waals surface area contributed by atoms with E-state index in [0.717, 1.165) is 36.0 Å². The van der Waals surface area contributed by atoms with Crippen LogP contribution in [-0.4, -0.2) is 42.5 Å². The molecular weight excluding hydrogens is 330 g/mol. The van der Waals surface area contributed by atoms with Crippen molar-refractivity contribution in [3.8, 4) is 0 Å². The highest BCUT2D eigenvalue weighted by atomic mass is 16.4. The number of benzene rings is 2. The Morgan fingerprint density at radius 3 is 2.50 bits per heavy atom. The zero-order chi connectivity index (χ0) is 18.1. The number of carbonyl (C=O) groups is 2. The highest BCUT2D eigenvalue weighted by Crippen LogP contribution is 2.38. The van der Waals surface area contributed by atoms with Crippen molar-refractivity contribution in [1.82, 2.24) is 0 Å². The summed E-state index contributed by atoms with van der Waals surface area (Å²) in [5, 5.41) is 8.76. The van der Waals surface area contributed by atoms with Gasteiger partial charge in [-0.3, -0.25) is 14.6 Å². The first-order valence-corrected chi connectivity index (χ1v) is 8.66. The minimum absolute atomic E-state index is 0.0148. The third-order valence-electron chi connectivity index (χ3n) is 4.73. The van der Waals surface area contributed by atoms with Crippen molar-refractivity contribution in [3.05, 3.63) is 59.7 Å². The van der Waals surface area contributed by atoms with Crippen LogP contribution in [0.1, 0.15) is 22.3 Å². The van der Waals surface area contributed by atoms with E-state index in [0.29, 0.717) is 12.0 Å². The van der Waals surface area contributed by atoms with Crippen molar-refractivity contribution in [2.24, 2.45) is 4.99 Å². The monoisotopic (exact) mass is 349 g/mol. The van der Waals surface area contributed by atoms with E-state index in [1.807, 2.05) is 35.2 Å². The minimum Gasteiger partial charge on any atom is -0.481 e. The fourth-order valence-corrected chi connectivity index (χ4v) is 3.42. The van der Waals surface area contributed by atoms with Crippen LogP contribution in [0.5, 0.6) is 0 Å². The van der Waals surface area contributed by atoms with Crippen molar-refractivity contribution in [3.63, 3.8) is 0 Å². The quantitative estimate of drug-likeness (QED) is 0.812. The first-order valence-electron chi connectivity index (χ1n) is 8.66. The summed E-state index contributed by atoms with van der Waals surface area (Å²) in [6.45, 7) is 1.82. The van der Waals surface area contributed by atoms with E-state index in [-0.39, 0.29) is 18.7 Å². The second-order valence-electron chi connectivity index (χ2n) is 6.42. The lowest BCUT2D eigenvalue weighted by Crippen LogP contribution is -2.38. The number of ketones is 1. The molecule has 2 aromatic carbocycles. The number of aliphatic carboxylic acids is 1. The van der Waals surface area contributed by atoms with Crippen LogP contribution < -0.4 is 9.80 Å². The second kappa shape index (κ2) is 6.63. The van der Waals surface area contributed by atoms with E-state index in [2.05, 4.69) is 16.0 Å². The van der Waals surface area contributed by atoms with Gasteiger partial charge in [-0.2, -0.15) is 0 Å². The van der Waals surface area contributed by atoms with Crippen LogP contribution in [0.3, 0.4) is 0 Å². The van der Waals surface area contributed by atoms with Gasteiger partial charge in [0, 0.05) is 18.5 Å². The number of hydrogen-bond donors (Lipinski definition) is 1. The maximum atomic E-state index is 12.8. The highest BCUT2D eigenvalue weighted by Gasteiger charge is 2.35. The molecule has 0 radical (unpaired) electrons. The summed E-state index contributed by atoms with van der Waals surface area (Å²) < 4.78 is 0. The number of nitrogens with zero attached hydrogens (tertiary/aromatic N) is 3. The van der Waals surface area contributed by atoms with Gasteiger partial charge in [0.05, 0.1) is 24.5 Å². The van der Waals surface area contributed by atoms with Gasteiger partial charge in [0.25, 0.3) is 0 Å². The Balaban J connectivity index is 1.50. The SMILES string of the molecule is O=C(O)CCc1ccc(C(=O)CN2C3=NCCN3c3ccccc32)cc1. The number of rotatable bonds is 6. The Kier molecular flexibility index (Phi) is 4.16. The van der Waals surface area contributed by atoms with Crippen molar-refractivity contribution in [2.75, 3.05) is 29.4 Å². The van der Waals surface area contributed by atoms with Gasteiger partial charge in [0.15, 0.2) is 5.78 Å². The first kappa shape index (κ1) is 16.3. The summed E-state index contributed by atoms with van der Waals surface area (Å²) >= 11 is 0. The summed E-state index contributed by atoms with van der Waals surface area (Å²) in [5.74, 6) is 0.0402. The summed E-state index contributed by atoms with van der Waals surface area (Å²) in [6, 6.07) is 15.2. The lowest BCUT2D eigenvalue weighted by Gasteiger charge is -2.18. The number of fused-ring (bicyclic) bond motifs is 3. The molecule has 26 heavy (non-hydrogen) atoms. The maximum Gasteiger partial charge on any atom is 0.303 e. The first-order chi connectivity index (χ1) is 12.6. The van der Waals surface area contributed by atoms with Crippen LogP contribution >= 0.6 is 0 Å². The van der Waals surface area contributed by atoms with E-state index >= 15 is 0 Å². The van der Waals surface area contributed by atoms with E-state index in [4.69, 9.17) is 5.11 Å². The van der Waals surface area contributed by atoms with Crippen LogP contribution in [-0.2, 0) is 11.2 Å². The zero-order valence-electron chi connectivity index (χ0n) is 14.3. The molecule has 0 aromatic heterocycles. The number of guanidine groups is 1. The molecule has 6 nitrogen and oxygen atoms in total. The lowest BCUT2D eigenvalue weighted by molar-refractivity contribution is -0.136. The molecule has 0 amide bonds. The molecule has 6 heteroatoms. The van der Waals surface area contributed by atoms with Gasteiger partial charge in [0.2, 0.25) is 5.96 Å². The molecule has 1 N–H and O–H groups in total. The van der Waals surface area contributed by atoms with Crippen LogP contribution in [0.15, 0.2) is 53.5 Å². The summed E-state index contributed by atoms with van der Waals surface area (Å²) in [7, 11) is 0. The Labute approximate surface area is 151 Å². The van der Waals surface area contributed by atoms with Crippen LogP contribution in [0.25, 0.3) is 0 Å². The predicted molar refractivity (Wildman–Crippen MR) is 100 cm³/mol. The molecule has 0 saturated carbocycles. The number of hydrogen-bond acceptors (Lipinski definition) is 5. The molecule has 0 unspecified atom stereocenters. The normalized spacial score (nSPS) is 14.8. The van der Waals surface area contributed by atoms with Gasteiger partial charge in [0.1, 0.15) is 0 Å². The highest BCUT2D eigenvalue weighted by molar-refractivity contribution is 6.19. The number of carboxylic acid groups (broad SMARTS) is 1. The fraction of sp³-hybridized carbons (Fsp3) is 0.250. The second-order valence-corrected chi connectivity index (χ2v) is 6.42. The van der Waals surface area contributed by atoms with E-state index in [1.54, 1.807) is 12.1 Å². The van der Waals surface area contributed by atoms with Crippen molar-refractivity contribution in [2.45, 2.75) is 12.8 Å². The number of aliphatic imine (C=N–C) groups is 1. The Morgan fingerprint density at radius 1 is 1.04 bits per heavy atom. The largest absolute Gasteiger partial charge is 0.481 e. The number of Topliss-reactive ketones (excluding diaryl/α,β-unsaturated/α-hetero) is 1. The molecule has 2 heterocycles. The minimum atomic E-state index is -0.820. The van der Waals surface area contributed by atoms with Gasteiger partial charge >= 0.3 is 5.97 Å². The lowest BCUT2D eigenvalue weighted by atomic mass is 10.0. The topological polar surface area (TPSA) is 73.2 Å². The Bertz CT molecular complexity index is 889. The average Bonchev–Trinajstić information content (AvgIpc) is 3.23. The van der Waals surface area contributed by atoms with Crippen molar-refractivity contribution >= 4 is 29.1 Å². The van der Waals surface area contributed by atoms with Crippen LogP contribution in [0, 0.1) is 0 Å². The number of anilines is 2. The molecule has 132 valence electrons. The Hall–Kier alpha value is -3.15. The third-order valence-corrected chi connectivity index (χ3v) is 4.73. The summed E-state index contributed by atoms with van der Waals surface area (Å²) in [6.07, 6.45) is 0.558. The third kappa shape index (κ3) is 2.94. The average molecular weight is 349 g/mol. The molecule has 4 rings (SSSR count). The van der Waals surface area contributed by atoms with Gasteiger partial charge in [-0.1, -0.05) is 36.4 Å². The van der Waals surface area contributed by atoms with E-state index < -0.39 is 5.97 Å². The molecule has 0 saturated heterocycles. The maximum absolute atomic E-state index is 12.8. The molecule has 2 aliphatic heterocycles. The molecule has 2 aliphatic rings. The predicted octanol–water partition coefficient (Wildman–Crippen LogP) is 2.58. The smallest absolute Gasteiger partial charge is 0.303 e. The van der Waals surface area contributed by atoms with Crippen LogP contribution in [0.4, 0.5) is 11.4 Å². The Morgan fingerprint density at radius 2 is 1.77 bits per heavy atom. The van der Waals surface area contributed by atoms with Crippen LogP contribution in [0.2, 0.25) is 0 Å². The number of aryl methyl sites for hydroxylation is 1. The molecule has 0 fully saturated rings. The van der Waals surface area contributed by atoms with Gasteiger partial charge in [-0.05, 0) is 24.1 Å². The van der Waals surface area contributed by atoms with E-state index in [1.165, 1.54) is 0 Å². The standard InChI is InChI=1S/C20H19N3O3/c24-18(15-8-5-14(6-9-15)7-10-19(25)26)13-23-17-4-2-1-3-16(17)22-12-11-21-20(22)23/h1-6,8-9H,7,10-13H2,(H,25,26). The number of para-hydroxylation sites is 2. The van der Waals surface area contributed by atoms with E-state index in [9.17, 15) is 9.59 Å². The molecule has 0 aliphatic carbocycles. The van der Waals surface area contributed by atoms with Crippen molar-refractivity contribution < 1.29 is 14.7 Å². The molecule has 0 bridgehead atoms. The molecule has 0 spiro atoms. The summed E-state index contributed by atoms with van der Waals surface area (Å²) in [5.41, 5.74) is 3.65. The number of carboxylic acids is 1. The molecule has 0 atom stereocenters. The van der Waals surface area contributed by atoms with Gasteiger partial charge < -0.3 is 14.9 Å². The van der Waals surface area contributed by atoms with Crippen molar-refractivity contribution in [1.29, 1.82) is 0 Å². The zero-order valence-corrected chi connectivity index (χ0v) is 14.3. The van der Waals surface area contributed by atoms with Gasteiger partial charge in [-0.25, -0.2) is 0 Å². The number of carbonyl (C=O) groups excluding carboxylic acids is 1.